The summed E-state index contributed by atoms with van der Waals surface area (Å²) in [6.45, 7) is 9.85. The fraction of sp³-hybridized carbons (Fsp3) is 1.00. The summed E-state index contributed by atoms with van der Waals surface area (Å²) in [4.78, 5) is 0. The van der Waals surface area contributed by atoms with Crippen LogP contribution in [-0.4, -0.2) is 41.1 Å². The molecule has 0 aromatic rings. The molecule has 0 amide bonds. The lowest BCUT2D eigenvalue weighted by molar-refractivity contribution is 0.352. The topological polar surface area (TPSA) is 34.3 Å². The van der Waals surface area contributed by atoms with Gasteiger partial charge in [-0.05, 0) is 88.6 Å². The molecule has 2 saturated carbocycles. The second-order valence-corrected chi connectivity index (χ2v) is 19.3. The fourth-order valence-corrected chi connectivity index (χ4v) is 14.5. The highest BCUT2D eigenvalue weighted by Gasteiger charge is 2.45. The quantitative estimate of drug-likeness (QED) is 0.420. The minimum absolute atomic E-state index is 0.626. The average molecular weight is 383 g/mol. The molecule has 4 aliphatic rings. The Hall–Kier alpha value is 0.314. The third kappa shape index (κ3) is 5.19. The molecule has 4 rings (SSSR count). The van der Waals surface area contributed by atoms with Gasteiger partial charge < -0.3 is 13.6 Å². The highest BCUT2D eigenvalue weighted by Crippen LogP contribution is 2.43. The molecule has 0 unspecified atom stereocenters. The molecule has 2 aliphatic carbocycles. The van der Waals surface area contributed by atoms with Crippen LogP contribution in [0.25, 0.3) is 0 Å². The highest BCUT2D eigenvalue weighted by molar-refractivity contribution is 6.84. The van der Waals surface area contributed by atoms with Gasteiger partial charge in [-0.2, -0.15) is 0 Å². The van der Waals surface area contributed by atoms with E-state index in [9.17, 15) is 0 Å². The van der Waals surface area contributed by atoms with Crippen molar-refractivity contribution < 1.29 is 13.6 Å². The molecule has 6 atom stereocenters. The SMILES string of the molecule is C[Si](C)(CC[C@@H]1CC[C@@H]2O[C@@H]2C1)O[Si](C)(C)CC[C@H]1CC[C@H]2O[C@@H]2C1. The predicted molar refractivity (Wildman–Crippen MR) is 107 cm³/mol. The van der Waals surface area contributed by atoms with Crippen LogP contribution in [0.15, 0.2) is 0 Å². The summed E-state index contributed by atoms with van der Waals surface area (Å²) < 4.78 is 18.3. The molecule has 25 heavy (non-hydrogen) atoms. The Bertz CT molecular complexity index is 440. The van der Waals surface area contributed by atoms with Gasteiger partial charge in [0, 0.05) is 0 Å². The summed E-state index contributed by atoms with van der Waals surface area (Å²) in [5, 5.41) is 0. The van der Waals surface area contributed by atoms with Crippen LogP contribution in [0.1, 0.15) is 51.4 Å². The standard InChI is InChI=1S/C20H38O3Si2/c1-24(2,11-9-15-5-7-17-19(13-15)21-17)23-25(3,4)12-10-16-6-8-18-20(14-16)22-18/h15-20H,5-14H2,1-4H3/t15-,16+,17-,18+,19-,20-/m1/s1. The summed E-state index contributed by atoms with van der Waals surface area (Å²) in [6.07, 6.45) is 13.3. The van der Waals surface area contributed by atoms with Crippen molar-refractivity contribution >= 4 is 16.6 Å². The maximum absolute atomic E-state index is 6.90. The molecule has 2 aliphatic heterocycles. The molecule has 2 saturated heterocycles. The van der Waals surface area contributed by atoms with Crippen molar-refractivity contribution in [3.8, 4) is 0 Å². The molecule has 0 bridgehead atoms. The lowest BCUT2D eigenvalue weighted by Gasteiger charge is -2.36. The number of rotatable bonds is 8. The maximum atomic E-state index is 6.90. The van der Waals surface area contributed by atoms with Gasteiger partial charge in [-0.1, -0.05) is 12.8 Å². The van der Waals surface area contributed by atoms with Crippen molar-refractivity contribution in [2.24, 2.45) is 11.8 Å². The third-order valence-electron chi connectivity index (χ3n) is 7.09. The van der Waals surface area contributed by atoms with Crippen LogP contribution < -0.4 is 0 Å². The molecular weight excluding hydrogens is 344 g/mol. The molecule has 0 aromatic heterocycles. The van der Waals surface area contributed by atoms with E-state index in [4.69, 9.17) is 13.6 Å². The van der Waals surface area contributed by atoms with Crippen molar-refractivity contribution in [1.29, 1.82) is 0 Å². The molecule has 2 heterocycles. The Labute approximate surface area is 156 Å². The van der Waals surface area contributed by atoms with Gasteiger partial charge in [-0.15, -0.1) is 0 Å². The second kappa shape index (κ2) is 7.04. The van der Waals surface area contributed by atoms with Gasteiger partial charge in [0.1, 0.15) is 0 Å². The van der Waals surface area contributed by atoms with E-state index in [1.165, 1.54) is 63.5 Å². The molecule has 4 fully saturated rings. The smallest absolute Gasteiger partial charge is 0.173 e. The first-order chi connectivity index (χ1) is 11.8. The molecular formula is C20H38O3Si2. The summed E-state index contributed by atoms with van der Waals surface area (Å²) >= 11 is 0. The minimum Gasteiger partial charge on any atom is -0.455 e. The van der Waals surface area contributed by atoms with Crippen molar-refractivity contribution in [2.45, 2.75) is 114 Å². The highest BCUT2D eigenvalue weighted by atomic mass is 28.4. The maximum Gasteiger partial charge on any atom is 0.173 e. The Morgan fingerprint density at radius 1 is 0.680 bits per heavy atom. The molecule has 0 aromatic carbocycles. The van der Waals surface area contributed by atoms with E-state index in [0.717, 1.165) is 11.8 Å². The molecule has 3 nitrogen and oxygen atoms in total. The first kappa shape index (κ1) is 18.7. The van der Waals surface area contributed by atoms with E-state index in [-0.39, 0.29) is 0 Å². The zero-order valence-corrected chi connectivity index (χ0v) is 18.8. The van der Waals surface area contributed by atoms with Gasteiger partial charge in [0.2, 0.25) is 0 Å². The van der Waals surface area contributed by atoms with E-state index >= 15 is 0 Å². The molecule has 0 spiro atoms. The Morgan fingerprint density at radius 3 is 1.52 bits per heavy atom. The second-order valence-electron chi connectivity index (χ2n) is 10.5. The Morgan fingerprint density at radius 2 is 1.12 bits per heavy atom. The number of fused-ring (bicyclic) bond motifs is 2. The monoisotopic (exact) mass is 382 g/mol. The molecule has 5 heteroatoms. The van der Waals surface area contributed by atoms with Crippen LogP contribution >= 0.6 is 0 Å². The van der Waals surface area contributed by atoms with Crippen LogP contribution in [-0.2, 0) is 13.6 Å². The zero-order valence-electron chi connectivity index (χ0n) is 16.8. The number of hydrogen-bond acceptors (Lipinski definition) is 3. The van der Waals surface area contributed by atoms with Crippen LogP contribution in [0.5, 0.6) is 0 Å². The Balaban J connectivity index is 1.18. The molecule has 0 N–H and O–H groups in total. The van der Waals surface area contributed by atoms with Gasteiger partial charge in [-0.25, -0.2) is 0 Å². The average Bonchev–Trinajstić information content (AvgIpc) is 3.42. The van der Waals surface area contributed by atoms with E-state index in [2.05, 4.69) is 26.2 Å². The van der Waals surface area contributed by atoms with E-state index < -0.39 is 16.6 Å². The lowest BCUT2D eigenvalue weighted by Crippen LogP contribution is -2.44. The lowest BCUT2D eigenvalue weighted by atomic mass is 9.88. The number of ether oxygens (including phenoxy) is 2. The van der Waals surface area contributed by atoms with Crippen molar-refractivity contribution in [3.05, 3.63) is 0 Å². The van der Waals surface area contributed by atoms with E-state index in [1.807, 2.05) is 0 Å². The summed E-state index contributed by atoms with van der Waals surface area (Å²) in [6, 6.07) is 2.68. The van der Waals surface area contributed by atoms with Crippen LogP contribution in [0.4, 0.5) is 0 Å². The number of hydrogen-bond donors (Lipinski definition) is 0. The first-order valence-electron chi connectivity index (χ1n) is 10.8. The minimum atomic E-state index is -1.53. The largest absolute Gasteiger partial charge is 0.455 e. The Kier molecular flexibility index (Phi) is 5.26. The van der Waals surface area contributed by atoms with Crippen molar-refractivity contribution in [2.75, 3.05) is 0 Å². The summed E-state index contributed by atoms with van der Waals surface area (Å²) in [5.74, 6) is 1.80. The van der Waals surface area contributed by atoms with Crippen LogP contribution in [0.2, 0.25) is 38.3 Å². The van der Waals surface area contributed by atoms with E-state index in [0.29, 0.717) is 24.4 Å². The first-order valence-corrected chi connectivity index (χ1v) is 17.0. The summed E-state index contributed by atoms with van der Waals surface area (Å²) in [7, 11) is -3.05. The van der Waals surface area contributed by atoms with Crippen molar-refractivity contribution in [1.82, 2.24) is 0 Å². The van der Waals surface area contributed by atoms with Crippen molar-refractivity contribution in [3.63, 3.8) is 0 Å². The fourth-order valence-electron chi connectivity index (χ4n) is 5.45. The van der Waals surface area contributed by atoms with Gasteiger partial charge in [-0.3, -0.25) is 0 Å². The zero-order chi connectivity index (χ0) is 17.7. The third-order valence-corrected chi connectivity index (χ3v) is 14.5. The predicted octanol–water partition coefficient (Wildman–Crippen LogP) is 5.33. The normalized spacial score (nSPS) is 40.3. The summed E-state index contributed by atoms with van der Waals surface area (Å²) in [5.41, 5.74) is 0. The van der Waals surface area contributed by atoms with Gasteiger partial charge in [0.05, 0.1) is 24.4 Å². The van der Waals surface area contributed by atoms with Crippen LogP contribution in [0, 0.1) is 11.8 Å². The van der Waals surface area contributed by atoms with Gasteiger partial charge in [0.15, 0.2) is 16.6 Å². The molecule has 0 radical (unpaired) electrons. The van der Waals surface area contributed by atoms with Crippen LogP contribution in [0.3, 0.4) is 0 Å². The van der Waals surface area contributed by atoms with Gasteiger partial charge >= 0.3 is 0 Å². The van der Waals surface area contributed by atoms with Gasteiger partial charge in [0.25, 0.3) is 0 Å². The molecule has 144 valence electrons. The number of epoxide rings is 2. The van der Waals surface area contributed by atoms with E-state index in [1.54, 1.807) is 0 Å².